The fraction of sp³-hybridized carbons (Fsp3) is 0.667. The van der Waals surface area contributed by atoms with Gasteiger partial charge in [0.2, 0.25) is 0 Å². The molecule has 1 saturated carbocycles. The molecule has 0 saturated heterocycles. The second-order valence-electron chi connectivity index (χ2n) is 4.81. The van der Waals surface area contributed by atoms with E-state index in [4.69, 9.17) is 0 Å². The van der Waals surface area contributed by atoms with Crippen LogP contribution in [0.25, 0.3) is 0 Å². The van der Waals surface area contributed by atoms with Gasteiger partial charge in [-0.1, -0.05) is 53.2 Å². The molecule has 0 aromatic heterocycles. The first-order chi connectivity index (χ1) is 9.20. The maximum atomic E-state index is 13.7. The molecule has 0 amide bonds. The second-order valence-corrected chi connectivity index (χ2v) is 4.81. The molecule has 0 heterocycles. The van der Waals surface area contributed by atoms with Crippen LogP contribution in [-0.2, 0) is 0 Å². The lowest BCUT2D eigenvalue weighted by Gasteiger charge is -2.12. The molecule has 1 aromatic rings. The summed E-state index contributed by atoms with van der Waals surface area (Å²) in [4.78, 5) is 0. The summed E-state index contributed by atoms with van der Waals surface area (Å²) in [5.74, 6) is 1.28. The lowest BCUT2D eigenvalue weighted by molar-refractivity contribution is 0.514. The largest absolute Gasteiger partial charge is 0.207 e. The van der Waals surface area contributed by atoms with Gasteiger partial charge in [-0.2, -0.15) is 0 Å². The van der Waals surface area contributed by atoms with E-state index in [9.17, 15) is 4.39 Å². The van der Waals surface area contributed by atoms with E-state index >= 15 is 0 Å². The number of halogens is 1. The highest BCUT2D eigenvalue weighted by Gasteiger charge is 2.26. The first kappa shape index (κ1) is 18.1. The molecule has 110 valence electrons. The second kappa shape index (κ2) is 10.00. The molecule has 0 spiro atoms. The van der Waals surface area contributed by atoms with Crippen LogP contribution in [0.4, 0.5) is 4.39 Å². The average molecular weight is 266 g/mol. The van der Waals surface area contributed by atoms with Crippen LogP contribution >= 0.6 is 0 Å². The molecular formula is C18H31F. The highest BCUT2D eigenvalue weighted by Crippen LogP contribution is 2.40. The molecule has 2 atom stereocenters. The molecule has 19 heavy (non-hydrogen) atoms. The minimum Gasteiger partial charge on any atom is -0.207 e. The van der Waals surface area contributed by atoms with E-state index in [1.807, 2.05) is 46.8 Å². The topological polar surface area (TPSA) is 0 Å². The van der Waals surface area contributed by atoms with Crippen molar-refractivity contribution in [2.75, 3.05) is 0 Å². The lowest BCUT2D eigenvalue weighted by atomic mass is 9.94. The van der Waals surface area contributed by atoms with Crippen molar-refractivity contribution in [3.8, 4) is 0 Å². The number of hydrogen-bond acceptors (Lipinski definition) is 0. The Balaban J connectivity index is 0.000000741. The Morgan fingerprint density at radius 1 is 1.11 bits per heavy atom. The SMILES string of the molecule is CC.CC.CC[C@@H]1CCC(c2ccc(C)cc2F)C1. The van der Waals surface area contributed by atoms with Crippen LogP contribution in [0.15, 0.2) is 18.2 Å². The van der Waals surface area contributed by atoms with Crippen LogP contribution in [0.1, 0.15) is 77.3 Å². The summed E-state index contributed by atoms with van der Waals surface area (Å²) in [6.45, 7) is 12.2. The van der Waals surface area contributed by atoms with Gasteiger partial charge in [0.15, 0.2) is 0 Å². The summed E-state index contributed by atoms with van der Waals surface area (Å²) in [6.07, 6.45) is 4.85. The van der Waals surface area contributed by atoms with Gasteiger partial charge in [-0.15, -0.1) is 0 Å². The summed E-state index contributed by atoms with van der Waals surface area (Å²) in [7, 11) is 0. The van der Waals surface area contributed by atoms with E-state index in [1.165, 1.54) is 25.7 Å². The minimum atomic E-state index is -0.00301. The summed E-state index contributed by atoms with van der Waals surface area (Å²) >= 11 is 0. The number of aryl methyl sites for hydroxylation is 1. The van der Waals surface area contributed by atoms with Gasteiger partial charge in [-0.25, -0.2) is 4.39 Å². The van der Waals surface area contributed by atoms with Gasteiger partial charge >= 0.3 is 0 Å². The first-order valence-electron chi connectivity index (χ1n) is 7.96. The Labute approximate surface area is 119 Å². The predicted octanol–water partition coefficient (Wildman–Crippen LogP) is 6.48. The summed E-state index contributed by atoms with van der Waals surface area (Å²) in [5.41, 5.74) is 1.96. The maximum Gasteiger partial charge on any atom is 0.126 e. The smallest absolute Gasteiger partial charge is 0.126 e. The highest BCUT2D eigenvalue weighted by atomic mass is 19.1. The van der Waals surface area contributed by atoms with Crippen LogP contribution in [0.5, 0.6) is 0 Å². The lowest BCUT2D eigenvalue weighted by Crippen LogP contribution is -1.98. The van der Waals surface area contributed by atoms with Gasteiger partial charge < -0.3 is 0 Å². The molecule has 1 heteroatoms. The molecule has 1 aliphatic rings. The Kier molecular flexibility index (Phi) is 9.55. The van der Waals surface area contributed by atoms with Crippen LogP contribution < -0.4 is 0 Å². The molecule has 0 bridgehead atoms. The van der Waals surface area contributed by atoms with Gasteiger partial charge in [0, 0.05) is 0 Å². The minimum absolute atomic E-state index is 0.00301. The Morgan fingerprint density at radius 2 is 1.74 bits per heavy atom. The zero-order chi connectivity index (χ0) is 14.8. The molecule has 1 aromatic carbocycles. The standard InChI is InChI=1S/C14H19F.2C2H6/c1-3-11-5-6-12(9-11)13-7-4-10(2)8-14(13)15;2*1-2/h4,7-8,11-12H,3,5-6,9H2,1-2H3;2*1-2H3/t11-,12?;;/m1../s1. The molecule has 2 rings (SSSR count). The van der Waals surface area contributed by atoms with E-state index in [1.54, 1.807) is 6.07 Å². The monoisotopic (exact) mass is 266 g/mol. The third-order valence-corrected chi connectivity index (χ3v) is 3.71. The normalized spacial score (nSPS) is 21.0. The van der Waals surface area contributed by atoms with E-state index < -0.39 is 0 Å². The summed E-state index contributed by atoms with van der Waals surface area (Å²) in [6, 6.07) is 5.67. The fourth-order valence-electron chi connectivity index (χ4n) is 2.69. The molecule has 1 fully saturated rings. The quantitative estimate of drug-likeness (QED) is 0.574. The van der Waals surface area contributed by atoms with Crippen LogP contribution in [-0.4, -0.2) is 0 Å². The van der Waals surface area contributed by atoms with Crippen LogP contribution in [0.3, 0.4) is 0 Å². The number of benzene rings is 1. The van der Waals surface area contributed by atoms with Gasteiger partial charge in [0.25, 0.3) is 0 Å². The molecule has 1 unspecified atom stereocenters. The van der Waals surface area contributed by atoms with Crippen LogP contribution in [0, 0.1) is 18.7 Å². The Morgan fingerprint density at radius 3 is 2.21 bits per heavy atom. The van der Waals surface area contributed by atoms with Gasteiger partial charge in [0.05, 0.1) is 0 Å². The molecule has 0 N–H and O–H groups in total. The van der Waals surface area contributed by atoms with E-state index in [0.717, 1.165) is 17.0 Å². The Bertz CT molecular complexity index is 344. The van der Waals surface area contributed by atoms with Crippen molar-refractivity contribution in [2.24, 2.45) is 5.92 Å². The van der Waals surface area contributed by atoms with Crippen molar-refractivity contribution >= 4 is 0 Å². The van der Waals surface area contributed by atoms with Gasteiger partial charge in [-0.3, -0.25) is 0 Å². The van der Waals surface area contributed by atoms with E-state index in [2.05, 4.69) is 6.92 Å². The molecule has 0 radical (unpaired) electrons. The zero-order valence-electron chi connectivity index (χ0n) is 13.6. The zero-order valence-corrected chi connectivity index (χ0v) is 13.6. The van der Waals surface area contributed by atoms with E-state index in [-0.39, 0.29) is 5.82 Å². The van der Waals surface area contributed by atoms with Crippen molar-refractivity contribution < 1.29 is 4.39 Å². The van der Waals surface area contributed by atoms with Gasteiger partial charge in [0.1, 0.15) is 5.82 Å². The summed E-state index contributed by atoms with van der Waals surface area (Å²) < 4.78 is 13.7. The van der Waals surface area contributed by atoms with Crippen molar-refractivity contribution in [3.05, 3.63) is 35.1 Å². The third-order valence-electron chi connectivity index (χ3n) is 3.71. The summed E-state index contributed by atoms with van der Waals surface area (Å²) in [5, 5.41) is 0. The fourth-order valence-corrected chi connectivity index (χ4v) is 2.69. The van der Waals surface area contributed by atoms with Crippen LogP contribution in [0.2, 0.25) is 0 Å². The third kappa shape index (κ3) is 5.34. The predicted molar refractivity (Wildman–Crippen MR) is 84.2 cm³/mol. The van der Waals surface area contributed by atoms with Crippen molar-refractivity contribution in [1.29, 1.82) is 0 Å². The van der Waals surface area contributed by atoms with E-state index in [0.29, 0.717) is 5.92 Å². The van der Waals surface area contributed by atoms with Crippen molar-refractivity contribution in [2.45, 2.75) is 73.1 Å². The number of hydrogen-bond donors (Lipinski definition) is 0. The molecule has 0 aliphatic heterocycles. The molecule has 1 aliphatic carbocycles. The average Bonchev–Trinajstić information content (AvgIpc) is 2.92. The number of rotatable bonds is 2. The highest BCUT2D eigenvalue weighted by molar-refractivity contribution is 5.27. The first-order valence-corrected chi connectivity index (χ1v) is 7.96. The Hall–Kier alpha value is -0.850. The molecule has 0 nitrogen and oxygen atoms in total. The van der Waals surface area contributed by atoms with Crippen molar-refractivity contribution in [1.82, 2.24) is 0 Å². The maximum absolute atomic E-state index is 13.7. The van der Waals surface area contributed by atoms with Gasteiger partial charge in [-0.05, 0) is 55.2 Å². The van der Waals surface area contributed by atoms with Crippen molar-refractivity contribution in [3.63, 3.8) is 0 Å². The molecular weight excluding hydrogens is 235 g/mol.